The number of nitrogens with one attached hydrogen (secondary N) is 1. The van der Waals surface area contributed by atoms with Crippen LogP contribution in [0.4, 0.5) is 5.69 Å². The van der Waals surface area contributed by atoms with Crippen molar-refractivity contribution >= 4 is 45.9 Å². The second kappa shape index (κ2) is 6.83. The highest BCUT2D eigenvalue weighted by atomic mass is 35.5. The first-order chi connectivity index (χ1) is 12.6. The van der Waals surface area contributed by atoms with Gasteiger partial charge in [-0.15, -0.1) is 0 Å². The van der Waals surface area contributed by atoms with E-state index in [4.69, 9.17) is 27.6 Å². The summed E-state index contributed by atoms with van der Waals surface area (Å²) in [7, 11) is 0. The summed E-state index contributed by atoms with van der Waals surface area (Å²) < 4.78 is 5.77. The number of benzene rings is 3. The summed E-state index contributed by atoms with van der Waals surface area (Å²) in [6, 6.07) is 19.3. The topological polar surface area (TPSA) is 55.1 Å². The smallest absolute Gasteiger partial charge is 0.255 e. The summed E-state index contributed by atoms with van der Waals surface area (Å²) in [4.78, 5) is 16.8. The first-order valence-corrected chi connectivity index (χ1v) is 8.57. The van der Waals surface area contributed by atoms with Gasteiger partial charge in [0.1, 0.15) is 5.52 Å². The minimum atomic E-state index is -0.220. The molecule has 0 spiro atoms. The summed E-state index contributed by atoms with van der Waals surface area (Å²) in [6.45, 7) is 0. The predicted molar refractivity (Wildman–Crippen MR) is 104 cm³/mol. The molecular weight excluding hydrogens is 371 g/mol. The molecule has 1 N–H and O–H groups in total. The zero-order valence-electron chi connectivity index (χ0n) is 13.4. The largest absolute Gasteiger partial charge is 0.436 e. The van der Waals surface area contributed by atoms with Crippen LogP contribution in [0.5, 0.6) is 0 Å². The Labute approximate surface area is 159 Å². The van der Waals surface area contributed by atoms with Gasteiger partial charge in [0.15, 0.2) is 5.58 Å². The minimum absolute atomic E-state index is 0.220. The van der Waals surface area contributed by atoms with Crippen LogP contribution in [0.1, 0.15) is 10.4 Å². The molecule has 0 aliphatic heterocycles. The monoisotopic (exact) mass is 382 g/mol. The Morgan fingerprint density at radius 3 is 2.23 bits per heavy atom. The number of hydrogen-bond donors (Lipinski definition) is 1. The van der Waals surface area contributed by atoms with E-state index in [9.17, 15) is 4.79 Å². The fraction of sp³-hybridized carbons (Fsp3) is 0. The van der Waals surface area contributed by atoms with Gasteiger partial charge in [-0.1, -0.05) is 23.2 Å². The Morgan fingerprint density at radius 2 is 1.54 bits per heavy atom. The lowest BCUT2D eigenvalue weighted by Gasteiger charge is -2.05. The molecule has 0 unspecified atom stereocenters. The number of rotatable bonds is 3. The van der Waals surface area contributed by atoms with Gasteiger partial charge in [0.05, 0.1) is 0 Å². The third-order valence-corrected chi connectivity index (χ3v) is 4.35. The van der Waals surface area contributed by atoms with E-state index in [-0.39, 0.29) is 5.91 Å². The van der Waals surface area contributed by atoms with Gasteiger partial charge in [-0.3, -0.25) is 4.79 Å². The molecule has 0 saturated heterocycles. The van der Waals surface area contributed by atoms with Gasteiger partial charge in [0, 0.05) is 26.9 Å². The van der Waals surface area contributed by atoms with Crippen molar-refractivity contribution in [3.05, 3.63) is 82.3 Å². The highest BCUT2D eigenvalue weighted by Gasteiger charge is 2.11. The van der Waals surface area contributed by atoms with E-state index in [1.165, 1.54) is 0 Å². The number of anilines is 1. The maximum absolute atomic E-state index is 12.3. The zero-order chi connectivity index (χ0) is 18.1. The van der Waals surface area contributed by atoms with Gasteiger partial charge >= 0.3 is 0 Å². The van der Waals surface area contributed by atoms with Crippen LogP contribution >= 0.6 is 23.2 Å². The van der Waals surface area contributed by atoms with Crippen LogP contribution < -0.4 is 5.32 Å². The quantitative estimate of drug-likeness (QED) is 0.468. The summed E-state index contributed by atoms with van der Waals surface area (Å²) in [5.41, 5.74) is 3.28. The Bertz CT molecular complexity index is 1090. The number of hydrogen-bond acceptors (Lipinski definition) is 3. The maximum atomic E-state index is 12.3. The number of carbonyl (C=O) groups is 1. The molecule has 0 aliphatic carbocycles. The lowest BCUT2D eigenvalue weighted by molar-refractivity contribution is 0.102. The molecular formula is C20H12Cl2N2O2. The molecule has 1 heterocycles. The fourth-order valence-electron chi connectivity index (χ4n) is 2.53. The summed E-state index contributed by atoms with van der Waals surface area (Å²) in [5.74, 6) is 0.278. The van der Waals surface area contributed by atoms with E-state index >= 15 is 0 Å². The second-order valence-corrected chi connectivity index (χ2v) is 6.54. The molecule has 0 radical (unpaired) electrons. The van der Waals surface area contributed by atoms with Crippen molar-refractivity contribution < 1.29 is 9.21 Å². The molecule has 0 bridgehead atoms. The van der Waals surface area contributed by atoms with Crippen molar-refractivity contribution in [1.82, 2.24) is 4.98 Å². The number of carbonyl (C=O) groups excluding carboxylic acids is 1. The average Bonchev–Trinajstić information content (AvgIpc) is 3.06. The number of halogens is 2. The van der Waals surface area contributed by atoms with Gasteiger partial charge in [-0.05, 0) is 66.7 Å². The molecule has 128 valence electrons. The first kappa shape index (κ1) is 16.6. The number of fused-ring (bicyclic) bond motifs is 1. The minimum Gasteiger partial charge on any atom is -0.436 e. The first-order valence-electron chi connectivity index (χ1n) is 7.82. The normalized spacial score (nSPS) is 10.8. The summed E-state index contributed by atoms with van der Waals surface area (Å²) in [5, 5.41) is 4.08. The molecule has 0 saturated carbocycles. The highest BCUT2D eigenvalue weighted by Crippen LogP contribution is 2.27. The Kier molecular flexibility index (Phi) is 4.37. The van der Waals surface area contributed by atoms with E-state index in [2.05, 4.69) is 10.3 Å². The van der Waals surface area contributed by atoms with E-state index in [1.54, 1.807) is 54.6 Å². The lowest BCUT2D eigenvalue weighted by Crippen LogP contribution is -2.11. The van der Waals surface area contributed by atoms with Gasteiger partial charge in [0.2, 0.25) is 5.89 Å². The van der Waals surface area contributed by atoms with Gasteiger partial charge in [-0.25, -0.2) is 4.98 Å². The average molecular weight is 383 g/mol. The van der Waals surface area contributed by atoms with Crippen molar-refractivity contribution in [2.24, 2.45) is 0 Å². The molecule has 6 heteroatoms. The Morgan fingerprint density at radius 1 is 0.885 bits per heavy atom. The molecule has 4 aromatic rings. The van der Waals surface area contributed by atoms with E-state index in [0.29, 0.717) is 38.3 Å². The Balaban J connectivity index is 1.60. The van der Waals surface area contributed by atoms with Crippen LogP contribution in [0.15, 0.2) is 71.1 Å². The van der Waals surface area contributed by atoms with Crippen LogP contribution in [0.3, 0.4) is 0 Å². The standard InChI is InChI=1S/C20H12Cl2N2O2/c21-14-5-1-12(2-6-14)19(25)23-16-9-10-18-17(11-16)24-20(26-18)13-3-7-15(22)8-4-13/h1-11H,(H,23,25). The Hall–Kier alpha value is -2.82. The molecule has 4 nitrogen and oxygen atoms in total. The highest BCUT2D eigenvalue weighted by molar-refractivity contribution is 6.31. The third-order valence-electron chi connectivity index (χ3n) is 3.84. The molecule has 26 heavy (non-hydrogen) atoms. The van der Waals surface area contributed by atoms with Crippen LogP contribution in [0.25, 0.3) is 22.6 Å². The molecule has 3 aromatic carbocycles. The molecule has 4 rings (SSSR count). The molecule has 0 aliphatic rings. The molecule has 0 atom stereocenters. The van der Waals surface area contributed by atoms with Crippen molar-refractivity contribution in [2.45, 2.75) is 0 Å². The van der Waals surface area contributed by atoms with Crippen molar-refractivity contribution in [3.8, 4) is 11.5 Å². The van der Waals surface area contributed by atoms with E-state index in [0.717, 1.165) is 5.56 Å². The number of nitrogens with zero attached hydrogens (tertiary/aromatic N) is 1. The molecule has 0 fully saturated rings. The summed E-state index contributed by atoms with van der Waals surface area (Å²) in [6.07, 6.45) is 0. The van der Waals surface area contributed by atoms with Crippen LogP contribution in [-0.4, -0.2) is 10.9 Å². The van der Waals surface area contributed by atoms with Crippen molar-refractivity contribution in [3.63, 3.8) is 0 Å². The number of aromatic nitrogens is 1. The zero-order valence-corrected chi connectivity index (χ0v) is 14.9. The van der Waals surface area contributed by atoms with Crippen LogP contribution in [0.2, 0.25) is 10.0 Å². The second-order valence-electron chi connectivity index (χ2n) is 5.67. The SMILES string of the molecule is O=C(Nc1ccc2oc(-c3ccc(Cl)cc3)nc2c1)c1ccc(Cl)cc1. The fourth-order valence-corrected chi connectivity index (χ4v) is 2.78. The van der Waals surface area contributed by atoms with E-state index < -0.39 is 0 Å². The molecule has 1 aromatic heterocycles. The van der Waals surface area contributed by atoms with Crippen LogP contribution in [0, 0.1) is 0 Å². The van der Waals surface area contributed by atoms with Gasteiger partial charge in [-0.2, -0.15) is 0 Å². The lowest BCUT2D eigenvalue weighted by atomic mass is 10.2. The van der Waals surface area contributed by atoms with Crippen LogP contribution in [-0.2, 0) is 0 Å². The van der Waals surface area contributed by atoms with E-state index in [1.807, 2.05) is 12.1 Å². The van der Waals surface area contributed by atoms with Gasteiger partial charge < -0.3 is 9.73 Å². The van der Waals surface area contributed by atoms with Crippen molar-refractivity contribution in [2.75, 3.05) is 5.32 Å². The number of oxazole rings is 1. The van der Waals surface area contributed by atoms with Gasteiger partial charge in [0.25, 0.3) is 5.91 Å². The van der Waals surface area contributed by atoms with Crippen molar-refractivity contribution in [1.29, 1.82) is 0 Å². The maximum Gasteiger partial charge on any atom is 0.255 e. The third kappa shape index (κ3) is 3.43. The predicted octanol–water partition coefficient (Wildman–Crippen LogP) is 6.05. The number of amides is 1. The summed E-state index contributed by atoms with van der Waals surface area (Å²) >= 11 is 11.8. The molecule has 1 amide bonds.